The van der Waals surface area contributed by atoms with Crippen molar-refractivity contribution in [2.45, 2.75) is 39.8 Å². The van der Waals surface area contributed by atoms with Crippen LogP contribution >= 0.6 is 0 Å². The number of fused-ring (bicyclic) bond motifs is 1. The Hall–Kier alpha value is -2.60. The average molecular weight is 372 g/mol. The number of aromatic nitrogens is 2. The number of halogens is 2. The Labute approximate surface area is 156 Å². The van der Waals surface area contributed by atoms with Crippen molar-refractivity contribution in [3.8, 4) is 11.1 Å². The number of aliphatic hydroxyl groups is 1. The SMILES string of the molecule is CC(C)C(=O)c1nn(CC(C)(C)O)c2cc(-c3c(F)cccc3F)ccc12. The lowest BCUT2D eigenvalue weighted by Gasteiger charge is -2.17. The van der Waals surface area contributed by atoms with Gasteiger partial charge in [-0.3, -0.25) is 9.48 Å². The molecule has 3 rings (SSSR count). The first kappa shape index (κ1) is 19.2. The van der Waals surface area contributed by atoms with Crippen LogP contribution in [0.5, 0.6) is 0 Å². The maximum atomic E-state index is 14.2. The van der Waals surface area contributed by atoms with Gasteiger partial charge >= 0.3 is 0 Å². The van der Waals surface area contributed by atoms with Crippen molar-refractivity contribution in [3.05, 3.63) is 53.7 Å². The molecule has 0 saturated heterocycles. The van der Waals surface area contributed by atoms with Gasteiger partial charge in [-0.05, 0) is 43.7 Å². The molecule has 6 heteroatoms. The number of Topliss-reactive ketones (excluding diaryl/α,β-unsaturated/α-hetero) is 1. The first-order chi connectivity index (χ1) is 12.6. The highest BCUT2D eigenvalue weighted by molar-refractivity contribution is 6.07. The molecule has 0 amide bonds. The van der Waals surface area contributed by atoms with Crippen molar-refractivity contribution in [3.63, 3.8) is 0 Å². The minimum atomic E-state index is -1.07. The molecule has 0 unspecified atom stereocenters. The van der Waals surface area contributed by atoms with Gasteiger partial charge in [0.15, 0.2) is 5.78 Å². The maximum Gasteiger partial charge on any atom is 0.186 e. The van der Waals surface area contributed by atoms with E-state index in [1.165, 1.54) is 22.9 Å². The molecule has 0 radical (unpaired) electrons. The van der Waals surface area contributed by atoms with Crippen LogP contribution in [0.2, 0.25) is 0 Å². The van der Waals surface area contributed by atoms with Gasteiger partial charge in [0.25, 0.3) is 0 Å². The number of ketones is 1. The summed E-state index contributed by atoms with van der Waals surface area (Å²) in [6.07, 6.45) is 0. The normalized spacial score (nSPS) is 12.1. The van der Waals surface area contributed by atoms with E-state index in [1.54, 1.807) is 45.9 Å². The minimum Gasteiger partial charge on any atom is -0.389 e. The van der Waals surface area contributed by atoms with E-state index in [0.717, 1.165) is 0 Å². The lowest BCUT2D eigenvalue weighted by Crippen LogP contribution is -2.27. The number of carbonyl (C=O) groups excluding carboxylic acids is 1. The van der Waals surface area contributed by atoms with Gasteiger partial charge in [0.2, 0.25) is 0 Å². The third kappa shape index (κ3) is 3.76. The zero-order chi connectivity index (χ0) is 19.9. The second kappa shape index (κ2) is 6.85. The van der Waals surface area contributed by atoms with Gasteiger partial charge in [0, 0.05) is 11.3 Å². The van der Waals surface area contributed by atoms with Crippen LogP contribution in [0, 0.1) is 17.6 Å². The summed E-state index contributed by atoms with van der Waals surface area (Å²) in [5.41, 5.74) is -0.0205. The summed E-state index contributed by atoms with van der Waals surface area (Å²) in [6.45, 7) is 6.96. The molecule has 0 aliphatic rings. The molecule has 142 valence electrons. The Kier molecular flexibility index (Phi) is 4.86. The summed E-state index contributed by atoms with van der Waals surface area (Å²) in [7, 11) is 0. The monoisotopic (exact) mass is 372 g/mol. The first-order valence-electron chi connectivity index (χ1n) is 8.80. The highest BCUT2D eigenvalue weighted by atomic mass is 19.1. The van der Waals surface area contributed by atoms with Crippen molar-refractivity contribution in [2.24, 2.45) is 5.92 Å². The van der Waals surface area contributed by atoms with Gasteiger partial charge < -0.3 is 5.11 Å². The van der Waals surface area contributed by atoms with E-state index < -0.39 is 17.2 Å². The van der Waals surface area contributed by atoms with Gasteiger partial charge in [0.05, 0.1) is 23.2 Å². The van der Waals surface area contributed by atoms with Gasteiger partial charge in [-0.1, -0.05) is 26.0 Å². The molecule has 0 fully saturated rings. The van der Waals surface area contributed by atoms with Crippen LogP contribution < -0.4 is 0 Å². The van der Waals surface area contributed by atoms with Gasteiger partial charge in [-0.15, -0.1) is 0 Å². The molecule has 2 aromatic carbocycles. The second-order valence-corrected chi connectivity index (χ2v) is 7.67. The highest BCUT2D eigenvalue weighted by Gasteiger charge is 2.24. The summed E-state index contributed by atoms with van der Waals surface area (Å²) < 4.78 is 29.9. The van der Waals surface area contributed by atoms with E-state index in [1.807, 2.05) is 0 Å². The maximum absolute atomic E-state index is 14.2. The lowest BCUT2D eigenvalue weighted by molar-refractivity contribution is 0.0587. The number of hydrogen-bond donors (Lipinski definition) is 1. The molecule has 0 aliphatic heterocycles. The standard InChI is InChI=1S/C21H22F2N2O2/c1-12(2)20(26)19-14-9-8-13(18-15(22)6-5-7-16(18)23)10-17(14)25(24-19)11-21(3,4)27/h5-10,12,27H,11H2,1-4H3. The third-order valence-corrected chi connectivity index (χ3v) is 4.30. The summed E-state index contributed by atoms with van der Waals surface area (Å²) in [6, 6.07) is 8.54. The van der Waals surface area contributed by atoms with Crippen LogP contribution in [0.1, 0.15) is 38.2 Å². The summed E-state index contributed by atoms with van der Waals surface area (Å²) >= 11 is 0. The van der Waals surface area contributed by atoms with Crippen LogP contribution in [0.25, 0.3) is 22.0 Å². The first-order valence-corrected chi connectivity index (χ1v) is 8.80. The summed E-state index contributed by atoms with van der Waals surface area (Å²) in [4.78, 5) is 12.5. The zero-order valence-corrected chi connectivity index (χ0v) is 15.8. The molecule has 0 aliphatic carbocycles. The molecular weight excluding hydrogens is 350 g/mol. The molecule has 27 heavy (non-hydrogen) atoms. The molecule has 0 bridgehead atoms. The number of hydrogen-bond acceptors (Lipinski definition) is 3. The number of nitrogens with zero attached hydrogens (tertiary/aromatic N) is 2. The molecular formula is C21H22F2N2O2. The fraction of sp³-hybridized carbons (Fsp3) is 0.333. The Morgan fingerprint density at radius 1 is 1.19 bits per heavy atom. The van der Waals surface area contributed by atoms with Gasteiger partial charge in [-0.25, -0.2) is 8.78 Å². The fourth-order valence-electron chi connectivity index (χ4n) is 3.05. The molecule has 0 spiro atoms. The van der Waals surface area contributed by atoms with Gasteiger partial charge in [-0.2, -0.15) is 5.10 Å². The lowest BCUT2D eigenvalue weighted by atomic mass is 9.99. The Bertz CT molecular complexity index is 997. The van der Waals surface area contributed by atoms with E-state index in [0.29, 0.717) is 22.2 Å². The Balaban J connectivity index is 2.25. The second-order valence-electron chi connectivity index (χ2n) is 7.67. The van der Waals surface area contributed by atoms with E-state index in [-0.39, 0.29) is 23.8 Å². The number of benzene rings is 2. The third-order valence-electron chi connectivity index (χ3n) is 4.30. The molecule has 1 aromatic heterocycles. The largest absolute Gasteiger partial charge is 0.389 e. The van der Waals surface area contributed by atoms with Crippen LogP contribution in [0.4, 0.5) is 8.78 Å². The van der Waals surface area contributed by atoms with E-state index >= 15 is 0 Å². The Morgan fingerprint density at radius 2 is 1.81 bits per heavy atom. The van der Waals surface area contributed by atoms with Gasteiger partial charge in [0.1, 0.15) is 17.3 Å². The van der Waals surface area contributed by atoms with Crippen molar-refractivity contribution < 1.29 is 18.7 Å². The van der Waals surface area contributed by atoms with E-state index in [4.69, 9.17) is 0 Å². The number of carbonyl (C=O) groups is 1. The van der Waals surface area contributed by atoms with Crippen molar-refractivity contribution in [1.82, 2.24) is 9.78 Å². The van der Waals surface area contributed by atoms with E-state index in [9.17, 15) is 18.7 Å². The predicted molar refractivity (Wildman–Crippen MR) is 101 cm³/mol. The predicted octanol–water partition coefficient (Wildman–Crippen LogP) is 4.59. The summed E-state index contributed by atoms with van der Waals surface area (Å²) in [5, 5.41) is 15.2. The van der Waals surface area contributed by atoms with Crippen molar-refractivity contribution >= 4 is 16.7 Å². The minimum absolute atomic E-state index is 0.126. The van der Waals surface area contributed by atoms with Crippen LogP contribution in [0.3, 0.4) is 0 Å². The molecule has 3 aromatic rings. The average Bonchev–Trinajstić information content (AvgIpc) is 2.90. The molecule has 1 heterocycles. The van der Waals surface area contributed by atoms with Crippen LogP contribution in [0.15, 0.2) is 36.4 Å². The van der Waals surface area contributed by atoms with E-state index in [2.05, 4.69) is 5.10 Å². The smallest absolute Gasteiger partial charge is 0.186 e. The van der Waals surface area contributed by atoms with Crippen molar-refractivity contribution in [2.75, 3.05) is 0 Å². The quantitative estimate of drug-likeness (QED) is 0.667. The van der Waals surface area contributed by atoms with Crippen molar-refractivity contribution in [1.29, 1.82) is 0 Å². The molecule has 0 atom stereocenters. The van der Waals surface area contributed by atoms with Crippen LogP contribution in [-0.2, 0) is 6.54 Å². The fourth-order valence-corrected chi connectivity index (χ4v) is 3.05. The molecule has 4 nitrogen and oxygen atoms in total. The summed E-state index contributed by atoms with van der Waals surface area (Å²) in [5.74, 6) is -1.70. The topological polar surface area (TPSA) is 55.1 Å². The zero-order valence-electron chi connectivity index (χ0n) is 15.8. The molecule has 0 saturated carbocycles. The Morgan fingerprint density at radius 3 is 2.37 bits per heavy atom. The van der Waals surface area contributed by atoms with Crippen LogP contribution in [-0.4, -0.2) is 26.3 Å². The number of rotatable bonds is 5. The molecule has 1 N–H and O–H groups in total. The highest BCUT2D eigenvalue weighted by Crippen LogP contribution is 2.31.